The molecule has 2 aromatic carbocycles. The van der Waals surface area contributed by atoms with Crippen molar-refractivity contribution in [3.05, 3.63) is 96.5 Å². The number of benzene rings is 2. The van der Waals surface area contributed by atoms with E-state index >= 15 is 0 Å². The smallest absolute Gasteiger partial charge is 0.248 e. The van der Waals surface area contributed by atoms with Crippen molar-refractivity contribution in [1.29, 1.82) is 0 Å². The molecule has 0 saturated carbocycles. The summed E-state index contributed by atoms with van der Waals surface area (Å²) in [5.74, 6) is 0.574. The second-order valence-corrected chi connectivity index (χ2v) is 6.18. The number of hydrogen-bond acceptors (Lipinski definition) is 4. The molecule has 0 atom stereocenters. The Kier molecular flexibility index (Phi) is 5.11. The van der Waals surface area contributed by atoms with Gasteiger partial charge in [0.1, 0.15) is 18.7 Å². The summed E-state index contributed by atoms with van der Waals surface area (Å²) < 4.78 is 7.51. The summed E-state index contributed by atoms with van der Waals surface area (Å²) in [4.78, 5) is 12.1. The van der Waals surface area contributed by atoms with E-state index in [2.05, 4.69) is 15.5 Å². The Morgan fingerprint density at radius 3 is 2.68 bits per heavy atom. The van der Waals surface area contributed by atoms with Gasteiger partial charge in [-0.3, -0.25) is 9.20 Å². The van der Waals surface area contributed by atoms with Crippen molar-refractivity contribution >= 4 is 23.3 Å². The van der Waals surface area contributed by atoms with Crippen molar-refractivity contribution in [3.8, 4) is 5.75 Å². The van der Waals surface area contributed by atoms with E-state index in [0.29, 0.717) is 12.3 Å². The molecule has 1 amide bonds. The lowest BCUT2D eigenvalue weighted by molar-refractivity contribution is -0.111. The van der Waals surface area contributed by atoms with Gasteiger partial charge in [-0.15, -0.1) is 10.2 Å². The Hall–Kier alpha value is -3.93. The maximum Gasteiger partial charge on any atom is 0.248 e. The third-order valence-electron chi connectivity index (χ3n) is 4.11. The highest BCUT2D eigenvalue weighted by Crippen LogP contribution is 2.15. The summed E-state index contributed by atoms with van der Waals surface area (Å²) in [6, 6.07) is 21.2. The summed E-state index contributed by atoms with van der Waals surface area (Å²) in [6.45, 7) is 0.523. The van der Waals surface area contributed by atoms with Gasteiger partial charge in [0, 0.05) is 12.3 Å². The first-order chi connectivity index (χ1) is 13.8. The zero-order valence-corrected chi connectivity index (χ0v) is 15.0. The first-order valence-corrected chi connectivity index (χ1v) is 8.81. The molecule has 0 fully saturated rings. The minimum absolute atomic E-state index is 0.211. The van der Waals surface area contributed by atoms with E-state index in [1.54, 1.807) is 35.1 Å². The van der Waals surface area contributed by atoms with Crippen molar-refractivity contribution < 1.29 is 9.53 Å². The lowest BCUT2D eigenvalue weighted by Gasteiger charge is -2.06. The lowest BCUT2D eigenvalue weighted by atomic mass is 10.2. The van der Waals surface area contributed by atoms with Gasteiger partial charge in [0.25, 0.3) is 0 Å². The van der Waals surface area contributed by atoms with Gasteiger partial charge in [0.05, 0.1) is 5.69 Å². The molecule has 2 aromatic heterocycles. The number of carbonyl (C=O) groups excluding carboxylic acids is 1. The first kappa shape index (κ1) is 17.5. The molecule has 1 N–H and O–H groups in total. The summed E-state index contributed by atoms with van der Waals surface area (Å²) in [7, 11) is 0. The van der Waals surface area contributed by atoms with Gasteiger partial charge in [-0.25, -0.2) is 0 Å². The van der Waals surface area contributed by atoms with Crippen molar-refractivity contribution in [3.63, 3.8) is 0 Å². The second-order valence-electron chi connectivity index (χ2n) is 6.18. The van der Waals surface area contributed by atoms with Crippen LogP contribution in [0.4, 0.5) is 5.69 Å². The van der Waals surface area contributed by atoms with Crippen LogP contribution in [0.25, 0.3) is 11.7 Å². The summed E-state index contributed by atoms with van der Waals surface area (Å²) in [6.07, 6.45) is 6.60. The quantitative estimate of drug-likeness (QED) is 0.522. The van der Waals surface area contributed by atoms with Gasteiger partial charge in [-0.1, -0.05) is 42.5 Å². The van der Waals surface area contributed by atoms with E-state index in [0.717, 1.165) is 22.5 Å². The number of hydrogen-bond donors (Lipinski definition) is 1. The molecule has 0 unspecified atom stereocenters. The molecule has 6 nitrogen and oxygen atoms in total. The zero-order valence-electron chi connectivity index (χ0n) is 15.0. The number of carbonyl (C=O) groups is 1. The van der Waals surface area contributed by atoms with Crippen molar-refractivity contribution in [2.24, 2.45) is 0 Å². The maximum atomic E-state index is 12.1. The Labute approximate surface area is 162 Å². The van der Waals surface area contributed by atoms with E-state index in [4.69, 9.17) is 4.74 Å². The Bertz CT molecular complexity index is 1100. The van der Waals surface area contributed by atoms with Crippen LogP contribution in [0.5, 0.6) is 5.75 Å². The van der Waals surface area contributed by atoms with Crippen LogP contribution >= 0.6 is 0 Å². The van der Waals surface area contributed by atoms with Crippen LogP contribution in [0.15, 0.2) is 85.3 Å². The van der Waals surface area contributed by atoms with E-state index < -0.39 is 0 Å². The molecular formula is C22H18N4O2. The number of nitrogens with one attached hydrogen (secondary N) is 1. The fourth-order valence-corrected chi connectivity index (χ4v) is 2.67. The molecule has 0 saturated heterocycles. The van der Waals surface area contributed by atoms with Crippen LogP contribution < -0.4 is 10.1 Å². The molecule has 138 valence electrons. The average Bonchev–Trinajstić information content (AvgIpc) is 3.20. The van der Waals surface area contributed by atoms with Gasteiger partial charge in [0.2, 0.25) is 5.91 Å². The highest BCUT2D eigenvalue weighted by molar-refractivity contribution is 6.01. The lowest BCUT2D eigenvalue weighted by Crippen LogP contribution is -2.08. The van der Waals surface area contributed by atoms with E-state index in [9.17, 15) is 4.79 Å². The predicted molar refractivity (Wildman–Crippen MR) is 108 cm³/mol. The fourth-order valence-electron chi connectivity index (χ4n) is 2.67. The molecular weight excluding hydrogens is 352 g/mol. The number of fused-ring (bicyclic) bond motifs is 1. The van der Waals surface area contributed by atoms with Gasteiger partial charge >= 0.3 is 0 Å². The second kappa shape index (κ2) is 8.18. The van der Waals surface area contributed by atoms with Crippen LogP contribution in [-0.2, 0) is 11.4 Å². The zero-order chi connectivity index (χ0) is 19.2. The summed E-state index contributed by atoms with van der Waals surface area (Å²) >= 11 is 0. The van der Waals surface area contributed by atoms with Gasteiger partial charge in [-0.2, -0.15) is 0 Å². The minimum Gasteiger partial charge on any atom is -0.489 e. The number of ether oxygens (including phenoxy) is 1. The number of aromatic nitrogens is 3. The molecule has 0 spiro atoms. The number of rotatable bonds is 6. The van der Waals surface area contributed by atoms with Gasteiger partial charge in [-0.05, 0) is 41.5 Å². The fraction of sp³-hybridized carbons (Fsp3) is 0.0455. The first-order valence-electron chi connectivity index (χ1n) is 8.81. The summed E-state index contributed by atoms with van der Waals surface area (Å²) in [5, 5.41) is 10.6. The number of anilines is 1. The largest absolute Gasteiger partial charge is 0.489 e. The van der Waals surface area contributed by atoms with Crippen LogP contribution in [0.1, 0.15) is 11.1 Å². The molecule has 6 heteroatoms. The van der Waals surface area contributed by atoms with Crippen LogP contribution in [0, 0.1) is 0 Å². The van der Waals surface area contributed by atoms with Crippen LogP contribution in [0.2, 0.25) is 0 Å². The highest BCUT2D eigenvalue weighted by Gasteiger charge is 2.01. The van der Waals surface area contributed by atoms with Crippen molar-refractivity contribution in [1.82, 2.24) is 14.6 Å². The molecule has 0 radical (unpaired) electrons. The minimum atomic E-state index is -0.211. The standard InChI is InChI=1S/C22H18N4O2/c27-22(24-19-9-12-21-25-23-16-26(21)14-19)13-8-17-6-10-20(11-7-17)28-15-18-4-2-1-3-5-18/h1-14,16H,15H2,(H,24,27)/b13-8+. The Balaban J connectivity index is 1.32. The van der Waals surface area contributed by atoms with E-state index in [-0.39, 0.29) is 5.91 Å². The molecule has 28 heavy (non-hydrogen) atoms. The Morgan fingerprint density at radius 1 is 1.04 bits per heavy atom. The summed E-state index contributed by atoms with van der Waals surface area (Å²) in [5.41, 5.74) is 3.43. The van der Waals surface area contributed by atoms with Crippen molar-refractivity contribution in [2.45, 2.75) is 6.61 Å². The predicted octanol–water partition coefficient (Wildman–Crippen LogP) is 3.96. The van der Waals surface area contributed by atoms with E-state index in [1.807, 2.05) is 54.6 Å². The average molecular weight is 370 g/mol. The maximum absolute atomic E-state index is 12.1. The molecule has 0 aliphatic carbocycles. The molecule has 0 aliphatic rings. The molecule has 4 aromatic rings. The van der Waals surface area contributed by atoms with Crippen LogP contribution in [-0.4, -0.2) is 20.5 Å². The highest BCUT2D eigenvalue weighted by atomic mass is 16.5. The molecule has 0 bridgehead atoms. The van der Waals surface area contributed by atoms with Crippen molar-refractivity contribution in [2.75, 3.05) is 5.32 Å². The number of amides is 1. The SMILES string of the molecule is O=C(/C=C/c1ccc(OCc2ccccc2)cc1)Nc1ccc2nncn2c1. The normalized spacial score (nSPS) is 11.0. The third kappa shape index (κ3) is 4.42. The number of nitrogens with zero attached hydrogens (tertiary/aromatic N) is 3. The molecule has 0 aliphatic heterocycles. The molecule has 4 rings (SSSR count). The monoisotopic (exact) mass is 370 g/mol. The molecule has 2 heterocycles. The topological polar surface area (TPSA) is 68.5 Å². The van der Waals surface area contributed by atoms with E-state index in [1.165, 1.54) is 6.08 Å². The number of pyridine rings is 1. The van der Waals surface area contributed by atoms with Gasteiger partial charge < -0.3 is 10.1 Å². The van der Waals surface area contributed by atoms with Crippen LogP contribution in [0.3, 0.4) is 0 Å². The Morgan fingerprint density at radius 2 is 1.86 bits per heavy atom. The third-order valence-corrected chi connectivity index (χ3v) is 4.11. The van der Waals surface area contributed by atoms with Gasteiger partial charge in [0.15, 0.2) is 5.65 Å².